The molecular formula is C24H16N4O5S. The number of furan rings is 1. The van der Waals surface area contributed by atoms with Gasteiger partial charge < -0.3 is 9.15 Å². The van der Waals surface area contributed by atoms with Gasteiger partial charge in [-0.1, -0.05) is 30.3 Å². The van der Waals surface area contributed by atoms with Crippen molar-refractivity contribution in [3.05, 3.63) is 87.5 Å². The lowest BCUT2D eigenvalue weighted by Crippen LogP contribution is -2.13. The molecule has 0 saturated heterocycles. The number of nitriles is 1. The van der Waals surface area contributed by atoms with Gasteiger partial charge in [0.2, 0.25) is 0 Å². The van der Waals surface area contributed by atoms with Gasteiger partial charge in [-0.3, -0.25) is 20.2 Å². The largest absolute Gasteiger partial charge is 0.496 e. The molecule has 1 amide bonds. The molecule has 0 fully saturated rings. The molecule has 1 N–H and O–H groups in total. The van der Waals surface area contributed by atoms with E-state index in [1.807, 2.05) is 41.8 Å². The molecule has 0 aliphatic heterocycles. The van der Waals surface area contributed by atoms with Crippen molar-refractivity contribution in [1.29, 1.82) is 5.26 Å². The van der Waals surface area contributed by atoms with E-state index in [9.17, 15) is 20.2 Å². The van der Waals surface area contributed by atoms with E-state index in [0.717, 1.165) is 11.3 Å². The lowest BCUT2D eigenvalue weighted by atomic mass is 10.1. The Balaban J connectivity index is 1.53. The summed E-state index contributed by atoms with van der Waals surface area (Å²) in [5, 5.41) is 25.3. The van der Waals surface area contributed by atoms with Gasteiger partial charge in [-0.25, -0.2) is 4.98 Å². The molecule has 0 unspecified atom stereocenters. The van der Waals surface area contributed by atoms with Gasteiger partial charge in [0.25, 0.3) is 11.6 Å². The Morgan fingerprint density at radius 2 is 2.03 bits per heavy atom. The van der Waals surface area contributed by atoms with E-state index in [2.05, 4.69) is 10.3 Å². The second-order valence-corrected chi connectivity index (χ2v) is 7.73. The van der Waals surface area contributed by atoms with Gasteiger partial charge in [-0.2, -0.15) is 5.26 Å². The number of ether oxygens (including phenoxy) is 1. The van der Waals surface area contributed by atoms with Crippen LogP contribution in [-0.2, 0) is 4.79 Å². The monoisotopic (exact) mass is 472 g/mol. The molecule has 0 bridgehead atoms. The van der Waals surface area contributed by atoms with Crippen LogP contribution in [0.1, 0.15) is 5.76 Å². The molecule has 0 radical (unpaired) electrons. The van der Waals surface area contributed by atoms with Crippen LogP contribution in [0.3, 0.4) is 0 Å². The summed E-state index contributed by atoms with van der Waals surface area (Å²) in [6.45, 7) is 0. The molecule has 34 heavy (non-hydrogen) atoms. The van der Waals surface area contributed by atoms with Crippen LogP contribution < -0.4 is 10.1 Å². The summed E-state index contributed by atoms with van der Waals surface area (Å²) in [6.07, 6.45) is 1.31. The molecule has 2 aromatic carbocycles. The Bertz CT molecular complexity index is 1430. The molecule has 10 heteroatoms. The van der Waals surface area contributed by atoms with E-state index in [1.54, 1.807) is 12.1 Å². The minimum absolute atomic E-state index is 0.117. The predicted octanol–water partition coefficient (Wildman–Crippen LogP) is 5.53. The molecular weight excluding hydrogens is 456 g/mol. The standard InChI is InChI=1S/C24H16N4O5S/c1-32-22-12-17(28(30)31)7-9-19(22)21-10-8-18(33-21)11-16(13-25)23(29)27-24-26-20(14-34-24)15-5-3-2-4-6-15/h2-12,14H,1H3,(H,26,27,29). The van der Waals surface area contributed by atoms with Crippen molar-refractivity contribution in [2.24, 2.45) is 0 Å². The van der Waals surface area contributed by atoms with Crippen LogP contribution in [0, 0.1) is 21.4 Å². The number of nitro groups is 1. The Kier molecular flexibility index (Phi) is 6.47. The first-order valence-corrected chi connectivity index (χ1v) is 10.7. The highest BCUT2D eigenvalue weighted by atomic mass is 32.1. The van der Waals surface area contributed by atoms with E-state index in [1.165, 1.54) is 42.7 Å². The highest BCUT2D eigenvalue weighted by molar-refractivity contribution is 7.14. The van der Waals surface area contributed by atoms with Crippen molar-refractivity contribution in [3.63, 3.8) is 0 Å². The molecule has 0 spiro atoms. The number of non-ortho nitro benzene ring substituents is 1. The number of nitro benzene ring substituents is 1. The summed E-state index contributed by atoms with van der Waals surface area (Å²) < 4.78 is 11.0. The molecule has 2 aromatic heterocycles. The maximum Gasteiger partial charge on any atom is 0.273 e. The first kappa shape index (κ1) is 22.4. The molecule has 0 saturated carbocycles. The summed E-state index contributed by atoms with van der Waals surface area (Å²) in [5.41, 5.74) is 1.84. The van der Waals surface area contributed by atoms with E-state index >= 15 is 0 Å². The van der Waals surface area contributed by atoms with Crippen molar-refractivity contribution in [2.45, 2.75) is 0 Å². The SMILES string of the molecule is COc1cc([N+](=O)[O-])ccc1-c1ccc(C=C(C#N)C(=O)Nc2nc(-c3ccccc3)cs2)o1. The van der Waals surface area contributed by atoms with Crippen molar-refractivity contribution in [2.75, 3.05) is 12.4 Å². The number of benzene rings is 2. The minimum atomic E-state index is -0.623. The van der Waals surface area contributed by atoms with E-state index < -0.39 is 10.8 Å². The molecule has 4 rings (SSSR count). The normalized spacial score (nSPS) is 11.0. The summed E-state index contributed by atoms with van der Waals surface area (Å²) >= 11 is 1.25. The third-order valence-corrected chi connectivity index (χ3v) is 5.49. The molecule has 168 valence electrons. The number of carbonyl (C=O) groups excluding carboxylic acids is 1. The number of methoxy groups -OCH3 is 1. The van der Waals surface area contributed by atoms with Crippen molar-refractivity contribution < 1.29 is 18.9 Å². The quantitative estimate of drug-likeness (QED) is 0.162. The second-order valence-electron chi connectivity index (χ2n) is 6.87. The molecule has 0 aliphatic carbocycles. The average Bonchev–Trinajstić information content (AvgIpc) is 3.52. The molecule has 2 heterocycles. The number of nitrogens with one attached hydrogen (secondary N) is 1. The van der Waals surface area contributed by atoms with Crippen molar-refractivity contribution in [1.82, 2.24) is 4.98 Å². The maximum absolute atomic E-state index is 12.6. The van der Waals surface area contributed by atoms with E-state index in [0.29, 0.717) is 16.5 Å². The number of thiazole rings is 1. The van der Waals surface area contributed by atoms with Crippen molar-refractivity contribution >= 4 is 34.1 Å². The fraction of sp³-hybridized carbons (Fsp3) is 0.0417. The van der Waals surface area contributed by atoms with Gasteiger partial charge in [0.05, 0.1) is 29.4 Å². The van der Waals surface area contributed by atoms with Gasteiger partial charge in [0.1, 0.15) is 28.9 Å². The smallest absolute Gasteiger partial charge is 0.273 e. The number of nitrogens with zero attached hydrogens (tertiary/aromatic N) is 3. The molecule has 4 aromatic rings. The van der Waals surface area contributed by atoms with Crippen LogP contribution >= 0.6 is 11.3 Å². The van der Waals surface area contributed by atoms with E-state index in [4.69, 9.17) is 9.15 Å². The van der Waals surface area contributed by atoms with Gasteiger partial charge in [0, 0.05) is 23.1 Å². The Labute approximate surface area is 197 Å². The van der Waals surface area contributed by atoms with Crippen LogP contribution in [-0.4, -0.2) is 22.9 Å². The number of hydrogen-bond donors (Lipinski definition) is 1. The number of aromatic nitrogens is 1. The number of carbonyl (C=O) groups is 1. The van der Waals surface area contributed by atoms with Crippen LogP contribution in [0.15, 0.2) is 76.0 Å². The van der Waals surface area contributed by atoms with Crippen LogP contribution in [0.2, 0.25) is 0 Å². The zero-order valence-electron chi connectivity index (χ0n) is 17.7. The number of rotatable bonds is 7. The third-order valence-electron chi connectivity index (χ3n) is 4.73. The predicted molar refractivity (Wildman–Crippen MR) is 127 cm³/mol. The topological polar surface area (TPSA) is 131 Å². The lowest BCUT2D eigenvalue weighted by molar-refractivity contribution is -0.384. The van der Waals surface area contributed by atoms with Gasteiger partial charge in [0.15, 0.2) is 5.13 Å². The van der Waals surface area contributed by atoms with E-state index in [-0.39, 0.29) is 22.8 Å². The molecule has 0 atom stereocenters. The summed E-state index contributed by atoms with van der Waals surface area (Å²) in [5.74, 6) is 0.256. The summed E-state index contributed by atoms with van der Waals surface area (Å²) in [6, 6.07) is 18.7. The van der Waals surface area contributed by atoms with Crippen LogP contribution in [0.4, 0.5) is 10.8 Å². The van der Waals surface area contributed by atoms with Crippen LogP contribution in [0.5, 0.6) is 5.75 Å². The van der Waals surface area contributed by atoms with Gasteiger partial charge >= 0.3 is 0 Å². The third kappa shape index (κ3) is 4.85. The Morgan fingerprint density at radius 3 is 2.74 bits per heavy atom. The van der Waals surface area contributed by atoms with Gasteiger partial charge in [-0.15, -0.1) is 11.3 Å². The fourth-order valence-corrected chi connectivity index (χ4v) is 3.81. The van der Waals surface area contributed by atoms with Crippen molar-refractivity contribution in [3.8, 4) is 34.4 Å². The number of hydrogen-bond acceptors (Lipinski definition) is 8. The zero-order chi connectivity index (χ0) is 24.1. The molecule has 0 aliphatic rings. The Morgan fingerprint density at radius 1 is 1.24 bits per heavy atom. The number of amides is 1. The minimum Gasteiger partial charge on any atom is -0.496 e. The second kappa shape index (κ2) is 9.81. The summed E-state index contributed by atoms with van der Waals surface area (Å²) in [4.78, 5) is 27.5. The highest BCUT2D eigenvalue weighted by Crippen LogP contribution is 2.34. The zero-order valence-corrected chi connectivity index (χ0v) is 18.5. The lowest BCUT2D eigenvalue weighted by Gasteiger charge is -2.05. The fourth-order valence-electron chi connectivity index (χ4n) is 3.10. The van der Waals surface area contributed by atoms with Crippen LogP contribution in [0.25, 0.3) is 28.7 Å². The summed E-state index contributed by atoms with van der Waals surface area (Å²) in [7, 11) is 1.40. The molecule has 9 nitrogen and oxygen atoms in total. The van der Waals surface area contributed by atoms with Gasteiger partial charge in [-0.05, 0) is 18.2 Å². The Hall–Kier alpha value is -4.75. The highest BCUT2D eigenvalue weighted by Gasteiger charge is 2.17. The first-order chi connectivity index (χ1) is 16.5. The number of anilines is 1. The maximum atomic E-state index is 12.6. The average molecular weight is 472 g/mol. The first-order valence-electron chi connectivity index (χ1n) is 9.85.